The van der Waals surface area contributed by atoms with Crippen LogP contribution in [0.2, 0.25) is 0 Å². The number of carbonyl (C=O) groups is 1. The van der Waals surface area contributed by atoms with Crippen LogP contribution in [0.1, 0.15) is 12.8 Å². The van der Waals surface area contributed by atoms with Crippen molar-refractivity contribution in [2.24, 2.45) is 0 Å². The van der Waals surface area contributed by atoms with Gasteiger partial charge in [0.2, 0.25) is 0 Å². The number of benzene rings is 1. The summed E-state index contributed by atoms with van der Waals surface area (Å²) >= 11 is 0. The lowest BCUT2D eigenvalue weighted by atomic mass is 10.3. The SMILES string of the molecule is COC(=O)C(COc1ccccc1OC)NC1CC1. The van der Waals surface area contributed by atoms with Gasteiger partial charge in [-0.3, -0.25) is 10.1 Å². The van der Waals surface area contributed by atoms with Crippen LogP contribution in [0, 0.1) is 0 Å². The van der Waals surface area contributed by atoms with E-state index in [9.17, 15) is 4.79 Å². The lowest BCUT2D eigenvalue weighted by molar-refractivity contribution is -0.144. The number of rotatable bonds is 7. The van der Waals surface area contributed by atoms with Crippen LogP contribution >= 0.6 is 0 Å². The van der Waals surface area contributed by atoms with Gasteiger partial charge in [0.1, 0.15) is 12.6 Å². The molecule has 1 aromatic rings. The van der Waals surface area contributed by atoms with E-state index in [0.717, 1.165) is 12.8 Å². The van der Waals surface area contributed by atoms with E-state index >= 15 is 0 Å². The molecule has 1 N–H and O–H groups in total. The number of para-hydroxylation sites is 2. The molecule has 104 valence electrons. The second-order valence-electron chi connectivity index (χ2n) is 4.48. The largest absolute Gasteiger partial charge is 0.493 e. The first-order valence-corrected chi connectivity index (χ1v) is 6.34. The molecule has 0 saturated heterocycles. The minimum atomic E-state index is -0.442. The number of nitrogens with one attached hydrogen (secondary N) is 1. The normalized spacial score (nSPS) is 15.7. The van der Waals surface area contributed by atoms with Crippen LogP contribution in [0.15, 0.2) is 24.3 Å². The lowest BCUT2D eigenvalue weighted by Crippen LogP contribution is -2.43. The number of carbonyl (C=O) groups excluding carboxylic acids is 1. The Bertz CT molecular complexity index is 431. The average Bonchev–Trinajstić information content (AvgIpc) is 3.26. The molecule has 1 aliphatic rings. The second-order valence-corrected chi connectivity index (χ2v) is 4.48. The van der Waals surface area contributed by atoms with E-state index in [1.54, 1.807) is 7.11 Å². The third-order valence-electron chi connectivity index (χ3n) is 2.97. The zero-order valence-electron chi connectivity index (χ0n) is 11.2. The van der Waals surface area contributed by atoms with E-state index in [1.165, 1.54) is 7.11 Å². The van der Waals surface area contributed by atoms with Gasteiger partial charge in [0.15, 0.2) is 11.5 Å². The van der Waals surface area contributed by atoms with Crippen LogP contribution in [0.4, 0.5) is 0 Å². The molecule has 1 saturated carbocycles. The van der Waals surface area contributed by atoms with Crippen molar-refractivity contribution in [3.05, 3.63) is 24.3 Å². The van der Waals surface area contributed by atoms with Crippen molar-refractivity contribution in [2.75, 3.05) is 20.8 Å². The molecule has 0 amide bonds. The fraction of sp³-hybridized carbons (Fsp3) is 0.500. The van der Waals surface area contributed by atoms with E-state index in [4.69, 9.17) is 14.2 Å². The third kappa shape index (κ3) is 3.86. The highest BCUT2D eigenvalue weighted by molar-refractivity contribution is 5.76. The predicted octanol–water partition coefficient (Wildman–Crippen LogP) is 1.37. The number of hydrogen-bond donors (Lipinski definition) is 1. The van der Waals surface area contributed by atoms with Gasteiger partial charge in [-0.25, -0.2) is 0 Å². The number of ether oxygens (including phenoxy) is 3. The van der Waals surface area contributed by atoms with Gasteiger partial charge >= 0.3 is 5.97 Å². The van der Waals surface area contributed by atoms with Crippen LogP contribution in [-0.4, -0.2) is 38.9 Å². The molecule has 0 spiro atoms. The number of hydrogen-bond acceptors (Lipinski definition) is 5. The Kier molecular flexibility index (Phi) is 4.63. The Morgan fingerprint density at radius 3 is 2.58 bits per heavy atom. The number of esters is 1. The second kappa shape index (κ2) is 6.43. The van der Waals surface area contributed by atoms with Gasteiger partial charge in [0, 0.05) is 6.04 Å². The Balaban J connectivity index is 1.95. The molecule has 0 aliphatic heterocycles. The highest BCUT2D eigenvalue weighted by atomic mass is 16.5. The van der Waals surface area contributed by atoms with Gasteiger partial charge in [0.25, 0.3) is 0 Å². The van der Waals surface area contributed by atoms with Crippen LogP contribution in [-0.2, 0) is 9.53 Å². The van der Waals surface area contributed by atoms with E-state index in [2.05, 4.69) is 5.32 Å². The summed E-state index contributed by atoms with van der Waals surface area (Å²) in [4.78, 5) is 11.7. The Morgan fingerprint density at radius 2 is 2.00 bits per heavy atom. The van der Waals surface area contributed by atoms with Crippen molar-refractivity contribution in [2.45, 2.75) is 24.9 Å². The maximum Gasteiger partial charge on any atom is 0.326 e. The van der Waals surface area contributed by atoms with Gasteiger partial charge in [-0.05, 0) is 25.0 Å². The van der Waals surface area contributed by atoms with Crippen molar-refractivity contribution >= 4 is 5.97 Å². The molecule has 0 heterocycles. The van der Waals surface area contributed by atoms with Gasteiger partial charge < -0.3 is 14.2 Å². The van der Waals surface area contributed by atoms with Gasteiger partial charge in [-0.15, -0.1) is 0 Å². The molecule has 1 aliphatic carbocycles. The first-order valence-electron chi connectivity index (χ1n) is 6.34. The van der Waals surface area contributed by atoms with E-state index in [-0.39, 0.29) is 12.6 Å². The standard InChI is InChI=1S/C14H19NO4/c1-17-12-5-3-4-6-13(12)19-9-11(14(16)18-2)15-10-7-8-10/h3-6,10-11,15H,7-9H2,1-2H3. The molecular formula is C14H19NO4. The molecule has 2 rings (SSSR count). The summed E-state index contributed by atoms with van der Waals surface area (Å²) in [7, 11) is 2.97. The van der Waals surface area contributed by atoms with E-state index in [1.807, 2.05) is 24.3 Å². The highest BCUT2D eigenvalue weighted by Gasteiger charge is 2.29. The highest BCUT2D eigenvalue weighted by Crippen LogP contribution is 2.26. The summed E-state index contributed by atoms with van der Waals surface area (Å²) in [5, 5.41) is 3.21. The first kappa shape index (κ1) is 13.7. The minimum absolute atomic E-state index is 0.226. The monoisotopic (exact) mass is 265 g/mol. The van der Waals surface area contributed by atoms with Crippen molar-refractivity contribution in [1.82, 2.24) is 5.32 Å². The van der Waals surface area contributed by atoms with E-state index in [0.29, 0.717) is 17.5 Å². The summed E-state index contributed by atoms with van der Waals surface area (Å²) in [5.41, 5.74) is 0. The van der Waals surface area contributed by atoms with Crippen molar-refractivity contribution in [3.63, 3.8) is 0 Å². The fourth-order valence-electron chi connectivity index (χ4n) is 1.77. The van der Waals surface area contributed by atoms with Crippen LogP contribution in [0.25, 0.3) is 0 Å². The van der Waals surface area contributed by atoms with Crippen molar-refractivity contribution < 1.29 is 19.0 Å². The van der Waals surface area contributed by atoms with Crippen LogP contribution < -0.4 is 14.8 Å². The first-order chi connectivity index (χ1) is 9.24. The van der Waals surface area contributed by atoms with Crippen LogP contribution in [0.3, 0.4) is 0 Å². The van der Waals surface area contributed by atoms with Crippen molar-refractivity contribution in [3.8, 4) is 11.5 Å². The third-order valence-corrected chi connectivity index (χ3v) is 2.97. The molecule has 0 radical (unpaired) electrons. The molecule has 1 fully saturated rings. The maximum absolute atomic E-state index is 11.7. The van der Waals surface area contributed by atoms with Crippen molar-refractivity contribution in [1.29, 1.82) is 0 Å². The molecule has 1 unspecified atom stereocenters. The Labute approximate surface area is 112 Å². The molecule has 0 aromatic heterocycles. The Morgan fingerprint density at radius 1 is 1.32 bits per heavy atom. The zero-order valence-corrected chi connectivity index (χ0v) is 11.2. The lowest BCUT2D eigenvalue weighted by Gasteiger charge is -2.17. The van der Waals surface area contributed by atoms with E-state index < -0.39 is 6.04 Å². The summed E-state index contributed by atoms with van der Waals surface area (Å²) in [6, 6.07) is 7.32. The maximum atomic E-state index is 11.7. The topological polar surface area (TPSA) is 56.8 Å². The average molecular weight is 265 g/mol. The smallest absolute Gasteiger partial charge is 0.326 e. The molecule has 5 heteroatoms. The minimum Gasteiger partial charge on any atom is -0.493 e. The van der Waals surface area contributed by atoms with Gasteiger partial charge in [-0.1, -0.05) is 12.1 Å². The van der Waals surface area contributed by atoms with Crippen LogP contribution in [0.5, 0.6) is 11.5 Å². The molecule has 19 heavy (non-hydrogen) atoms. The quantitative estimate of drug-likeness (QED) is 0.755. The summed E-state index contributed by atoms with van der Waals surface area (Å²) in [6.45, 7) is 0.226. The zero-order chi connectivity index (χ0) is 13.7. The molecule has 1 atom stereocenters. The predicted molar refractivity (Wildman–Crippen MR) is 70.5 cm³/mol. The molecule has 0 bridgehead atoms. The fourth-order valence-corrected chi connectivity index (χ4v) is 1.77. The molecule has 5 nitrogen and oxygen atoms in total. The Hall–Kier alpha value is -1.75. The molecular weight excluding hydrogens is 246 g/mol. The molecule has 1 aromatic carbocycles. The summed E-state index contributed by atoms with van der Waals surface area (Å²) in [5.74, 6) is 0.968. The number of methoxy groups -OCH3 is 2. The summed E-state index contributed by atoms with van der Waals surface area (Å²) in [6.07, 6.45) is 2.20. The van der Waals surface area contributed by atoms with Gasteiger partial charge in [0.05, 0.1) is 14.2 Å². The van der Waals surface area contributed by atoms with Gasteiger partial charge in [-0.2, -0.15) is 0 Å². The summed E-state index contributed by atoms with van der Waals surface area (Å²) < 4.78 is 15.6.